The summed E-state index contributed by atoms with van der Waals surface area (Å²) in [6.45, 7) is 0.892. The van der Waals surface area contributed by atoms with Crippen LogP contribution in [-0.2, 0) is 19.1 Å². The molecule has 158 valence electrons. The van der Waals surface area contributed by atoms with Crippen molar-refractivity contribution in [1.82, 2.24) is 5.32 Å². The second-order valence-electron chi connectivity index (χ2n) is 6.61. The van der Waals surface area contributed by atoms with Crippen LogP contribution in [0.1, 0.15) is 25.7 Å². The highest BCUT2D eigenvalue weighted by atomic mass is 35.5. The summed E-state index contributed by atoms with van der Waals surface area (Å²) >= 11 is 0. The van der Waals surface area contributed by atoms with Crippen molar-refractivity contribution >= 4 is 35.6 Å². The molecule has 2 amide bonds. The van der Waals surface area contributed by atoms with Gasteiger partial charge >= 0.3 is 0 Å². The van der Waals surface area contributed by atoms with Gasteiger partial charge in [0, 0.05) is 24.8 Å². The van der Waals surface area contributed by atoms with E-state index < -0.39 is 0 Å². The number of amides is 2. The first-order chi connectivity index (χ1) is 13.0. The van der Waals surface area contributed by atoms with Crippen LogP contribution < -0.4 is 21.1 Å². The van der Waals surface area contributed by atoms with Gasteiger partial charge in [-0.25, -0.2) is 0 Å². The molecule has 0 spiro atoms. The van der Waals surface area contributed by atoms with Gasteiger partial charge in [-0.2, -0.15) is 0 Å². The van der Waals surface area contributed by atoms with Gasteiger partial charge in [-0.3, -0.25) is 9.59 Å². The van der Waals surface area contributed by atoms with Gasteiger partial charge < -0.3 is 30.6 Å². The Kier molecular flexibility index (Phi) is 10.7. The fourth-order valence-electron chi connectivity index (χ4n) is 3.13. The Hall–Kier alpha value is -2.03. The lowest BCUT2D eigenvalue weighted by Gasteiger charge is -2.28. The number of hydrogen-bond acceptors (Lipinski definition) is 6. The summed E-state index contributed by atoms with van der Waals surface area (Å²) in [5, 5.41) is 5.86. The second kappa shape index (κ2) is 12.4. The molecule has 0 radical (unpaired) electrons. The molecule has 28 heavy (non-hydrogen) atoms. The quantitative estimate of drug-likeness (QED) is 0.420. The molecule has 9 heteroatoms. The molecule has 1 fully saturated rings. The van der Waals surface area contributed by atoms with Crippen LogP contribution in [-0.4, -0.2) is 51.9 Å². The highest BCUT2D eigenvalue weighted by Crippen LogP contribution is 2.28. The van der Waals surface area contributed by atoms with Crippen LogP contribution in [0.2, 0.25) is 0 Å². The molecule has 1 aliphatic rings. The average Bonchev–Trinajstić information content (AvgIpc) is 2.66. The molecule has 1 aliphatic carbocycles. The van der Waals surface area contributed by atoms with Crippen LogP contribution in [0.15, 0.2) is 18.2 Å². The topological polar surface area (TPSA) is 112 Å². The molecule has 4 N–H and O–H groups in total. The first kappa shape index (κ1) is 24.0. The fraction of sp³-hybridized carbons (Fsp3) is 0.579. The largest absolute Gasteiger partial charge is 0.495 e. The Morgan fingerprint density at radius 2 is 1.86 bits per heavy atom. The maximum Gasteiger partial charge on any atom is 0.246 e. The summed E-state index contributed by atoms with van der Waals surface area (Å²) < 4.78 is 15.2. The van der Waals surface area contributed by atoms with Crippen molar-refractivity contribution in [2.75, 3.05) is 45.1 Å². The third-order valence-corrected chi connectivity index (χ3v) is 4.63. The molecule has 0 bridgehead atoms. The van der Waals surface area contributed by atoms with Crippen molar-refractivity contribution < 1.29 is 23.8 Å². The van der Waals surface area contributed by atoms with E-state index in [9.17, 15) is 9.59 Å². The van der Waals surface area contributed by atoms with Crippen molar-refractivity contribution in [1.29, 1.82) is 0 Å². The zero-order chi connectivity index (χ0) is 19.6. The molecule has 1 aromatic rings. The molecule has 0 saturated heterocycles. The van der Waals surface area contributed by atoms with E-state index in [0.717, 1.165) is 25.7 Å². The van der Waals surface area contributed by atoms with Crippen molar-refractivity contribution in [3.8, 4) is 5.75 Å². The minimum absolute atomic E-state index is 0. The molecular weight excluding hydrogens is 386 g/mol. The normalized spacial score (nSPS) is 18.6. The SMILES string of the molecule is COCCOCC(=O)NC1CCC(C(=O)Nc2ccc(OC)c(N)c2)CC1.Cl. The van der Waals surface area contributed by atoms with E-state index in [1.165, 1.54) is 0 Å². The smallest absolute Gasteiger partial charge is 0.246 e. The van der Waals surface area contributed by atoms with Gasteiger partial charge in [0.25, 0.3) is 0 Å². The van der Waals surface area contributed by atoms with Crippen molar-refractivity contribution in [2.24, 2.45) is 5.92 Å². The first-order valence-corrected chi connectivity index (χ1v) is 9.14. The Labute approximate surface area is 171 Å². The second-order valence-corrected chi connectivity index (χ2v) is 6.61. The summed E-state index contributed by atoms with van der Waals surface area (Å²) in [7, 11) is 3.13. The number of nitrogens with two attached hydrogens (primary N) is 1. The number of nitrogens with one attached hydrogen (secondary N) is 2. The Morgan fingerprint density at radius 1 is 1.14 bits per heavy atom. The molecule has 1 saturated carbocycles. The van der Waals surface area contributed by atoms with Crippen LogP contribution in [0.25, 0.3) is 0 Å². The molecular formula is C19H30ClN3O5. The van der Waals surface area contributed by atoms with Crippen LogP contribution in [0.5, 0.6) is 5.75 Å². The van der Waals surface area contributed by atoms with Gasteiger partial charge in [0.2, 0.25) is 11.8 Å². The van der Waals surface area contributed by atoms with E-state index in [-0.39, 0.29) is 42.8 Å². The van der Waals surface area contributed by atoms with E-state index in [4.69, 9.17) is 19.9 Å². The zero-order valence-corrected chi connectivity index (χ0v) is 17.2. The third kappa shape index (κ3) is 7.53. The Morgan fingerprint density at radius 3 is 2.46 bits per heavy atom. The molecule has 0 aliphatic heterocycles. The van der Waals surface area contributed by atoms with Gasteiger partial charge in [-0.15, -0.1) is 12.4 Å². The summed E-state index contributed by atoms with van der Waals surface area (Å²) in [6.07, 6.45) is 3.00. The van der Waals surface area contributed by atoms with Gasteiger partial charge in [-0.05, 0) is 43.9 Å². The first-order valence-electron chi connectivity index (χ1n) is 9.14. The maximum atomic E-state index is 12.5. The van der Waals surface area contributed by atoms with Gasteiger partial charge in [0.05, 0.1) is 26.0 Å². The average molecular weight is 416 g/mol. The monoisotopic (exact) mass is 415 g/mol. The lowest BCUT2D eigenvalue weighted by atomic mass is 9.85. The zero-order valence-electron chi connectivity index (χ0n) is 16.4. The maximum absolute atomic E-state index is 12.5. The Balaban J connectivity index is 0.00000392. The minimum atomic E-state index is -0.132. The minimum Gasteiger partial charge on any atom is -0.495 e. The van der Waals surface area contributed by atoms with Crippen molar-refractivity contribution in [3.05, 3.63) is 18.2 Å². The molecule has 0 heterocycles. The predicted molar refractivity (Wildman–Crippen MR) is 110 cm³/mol. The number of nitrogen functional groups attached to an aromatic ring is 1. The van der Waals surface area contributed by atoms with E-state index >= 15 is 0 Å². The number of halogens is 1. The number of anilines is 2. The van der Waals surface area contributed by atoms with Crippen LogP contribution >= 0.6 is 12.4 Å². The van der Waals surface area contributed by atoms with Crippen molar-refractivity contribution in [3.63, 3.8) is 0 Å². The number of rotatable bonds is 9. The van der Waals surface area contributed by atoms with E-state index in [1.807, 2.05) is 0 Å². The molecule has 0 unspecified atom stereocenters. The molecule has 0 atom stereocenters. The van der Waals surface area contributed by atoms with E-state index in [2.05, 4.69) is 10.6 Å². The standard InChI is InChI=1S/C19H29N3O5.ClH/c1-25-9-10-27-12-18(23)21-14-5-3-13(4-6-14)19(24)22-15-7-8-17(26-2)16(20)11-15;/h7-8,11,13-14H,3-6,9-10,12,20H2,1-2H3,(H,21,23)(H,22,24);1H. The molecule has 8 nitrogen and oxygen atoms in total. The summed E-state index contributed by atoms with van der Waals surface area (Å²) in [5.41, 5.74) is 7.00. The van der Waals surface area contributed by atoms with Gasteiger partial charge in [0.15, 0.2) is 0 Å². The number of ether oxygens (including phenoxy) is 3. The number of benzene rings is 1. The lowest BCUT2D eigenvalue weighted by Crippen LogP contribution is -2.41. The van der Waals surface area contributed by atoms with E-state index in [0.29, 0.717) is 30.3 Å². The molecule has 2 rings (SSSR count). The number of carbonyl (C=O) groups is 2. The Bertz CT molecular complexity index is 636. The summed E-state index contributed by atoms with van der Waals surface area (Å²) in [4.78, 5) is 24.3. The highest BCUT2D eigenvalue weighted by Gasteiger charge is 2.27. The third-order valence-electron chi connectivity index (χ3n) is 4.63. The van der Waals surface area contributed by atoms with Crippen molar-refractivity contribution in [2.45, 2.75) is 31.7 Å². The highest BCUT2D eigenvalue weighted by molar-refractivity contribution is 5.93. The fourth-order valence-corrected chi connectivity index (χ4v) is 3.13. The number of carbonyl (C=O) groups excluding carboxylic acids is 2. The van der Waals surface area contributed by atoms with E-state index in [1.54, 1.807) is 32.4 Å². The van der Waals surface area contributed by atoms with Gasteiger partial charge in [0.1, 0.15) is 12.4 Å². The lowest BCUT2D eigenvalue weighted by molar-refractivity contribution is -0.127. The molecule has 1 aromatic carbocycles. The van der Waals surface area contributed by atoms with Crippen LogP contribution in [0, 0.1) is 5.92 Å². The van der Waals surface area contributed by atoms with Crippen LogP contribution in [0.4, 0.5) is 11.4 Å². The van der Waals surface area contributed by atoms with Crippen LogP contribution in [0.3, 0.4) is 0 Å². The number of methoxy groups -OCH3 is 2. The predicted octanol–water partition coefficient (Wildman–Crippen LogP) is 1.98. The van der Waals surface area contributed by atoms with Gasteiger partial charge in [-0.1, -0.05) is 0 Å². The summed E-state index contributed by atoms with van der Waals surface area (Å²) in [6, 6.07) is 5.27. The summed E-state index contributed by atoms with van der Waals surface area (Å²) in [5.74, 6) is 0.356. The number of hydrogen-bond donors (Lipinski definition) is 3. The molecule has 0 aromatic heterocycles.